The normalized spacial score (nSPS) is 15.5. The average Bonchev–Trinajstić information content (AvgIpc) is 2.90. The summed E-state index contributed by atoms with van der Waals surface area (Å²) in [6, 6.07) is 4.09. The van der Waals surface area contributed by atoms with Gasteiger partial charge in [0.15, 0.2) is 0 Å². The first-order chi connectivity index (χ1) is 9.97. The third-order valence-electron chi connectivity index (χ3n) is 3.79. The second kappa shape index (κ2) is 6.62. The van der Waals surface area contributed by atoms with Crippen molar-refractivity contribution in [1.29, 1.82) is 0 Å². The fourth-order valence-corrected chi connectivity index (χ4v) is 2.82. The highest BCUT2D eigenvalue weighted by molar-refractivity contribution is 5.76. The molecule has 1 aliphatic rings. The molecule has 0 spiro atoms. The number of amides is 1. The molecule has 0 heterocycles. The van der Waals surface area contributed by atoms with Crippen molar-refractivity contribution >= 4 is 11.6 Å². The Morgan fingerprint density at radius 1 is 1.43 bits per heavy atom. The van der Waals surface area contributed by atoms with Gasteiger partial charge in [0.1, 0.15) is 0 Å². The van der Waals surface area contributed by atoms with Crippen LogP contribution in [0.15, 0.2) is 18.2 Å². The number of nitro groups is 1. The van der Waals surface area contributed by atoms with Crippen molar-refractivity contribution in [1.82, 2.24) is 4.90 Å². The van der Waals surface area contributed by atoms with Crippen molar-refractivity contribution in [3.8, 4) is 0 Å². The number of primary amides is 1. The Morgan fingerprint density at radius 2 is 2.10 bits per heavy atom. The van der Waals surface area contributed by atoms with Crippen molar-refractivity contribution in [3.63, 3.8) is 0 Å². The van der Waals surface area contributed by atoms with Crippen LogP contribution in [0, 0.1) is 15.9 Å². The molecule has 0 radical (unpaired) electrons. The minimum absolute atomic E-state index is 0.114. The number of nitro benzene ring substituents is 1. The summed E-state index contributed by atoms with van der Waals surface area (Å²) in [7, 11) is 0. The van der Waals surface area contributed by atoms with Crippen LogP contribution in [-0.4, -0.2) is 28.3 Å². The van der Waals surface area contributed by atoms with E-state index in [0.717, 1.165) is 37.8 Å². The molecule has 0 aromatic heterocycles. The number of rotatable bonds is 6. The van der Waals surface area contributed by atoms with Crippen LogP contribution in [0.4, 0.5) is 10.1 Å². The van der Waals surface area contributed by atoms with Crippen molar-refractivity contribution in [2.45, 2.75) is 38.3 Å². The summed E-state index contributed by atoms with van der Waals surface area (Å²) in [6.07, 6.45) is 4.19. The number of nitrogens with zero attached hydrogens (tertiary/aromatic N) is 2. The zero-order chi connectivity index (χ0) is 15.4. The maximum atomic E-state index is 13.6. The monoisotopic (exact) mass is 295 g/mol. The van der Waals surface area contributed by atoms with Gasteiger partial charge >= 0.3 is 5.69 Å². The summed E-state index contributed by atoms with van der Waals surface area (Å²) in [5.74, 6) is -1.28. The van der Waals surface area contributed by atoms with Gasteiger partial charge in [-0.25, -0.2) is 0 Å². The standard InChI is InChI=1S/C14H18FN3O3/c15-12-7-10(5-6-13(12)18(20)21)8-17(9-14(16)19)11-3-1-2-4-11/h5-7,11H,1-4,8-9H2,(H2,16,19). The van der Waals surface area contributed by atoms with Gasteiger partial charge in [-0.15, -0.1) is 0 Å². The molecule has 1 saturated carbocycles. The van der Waals surface area contributed by atoms with Gasteiger partial charge in [-0.1, -0.05) is 18.9 Å². The van der Waals surface area contributed by atoms with E-state index < -0.39 is 22.3 Å². The summed E-state index contributed by atoms with van der Waals surface area (Å²) < 4.78 is 13.6. The summed E-state index contributed by atoms with van der Waals surface area (Å²) in [4.78, 5) is 23.0. The van der Waals surface area contributed by atoms with Crippen LogP contribution >= 0.6 is 0 Å². The van der Waals surface area contributed by atoms with Gasteiger partial charge in [0, 0.05) is 18.7 Å². The number of hydrogen-bond acceptors (Lipinski definition) is 4. The second-order valence-electron chi connectivity index (χ2n) is 5.35. The molecule has 0 saturated heterocycles. The highest BCUT2D eigenvalue weighted by atomic mass is 19.1. The van der Waals surface area contributed by atoms with E-state index in [2.05, 4.69) is 0 Å². The van der Waals surface area contributed by atoms with E-state index in [9.17, 15) is 19.3 Å². The zero-order valence-electron chi connectivity index (χ0n) is 11.6. The van der Waals surface area contributed by atoms with E-state index >= 15 is 0 Å². The lowest BCUT2D eigenvalue weighted by Gasteiger charge is -2.27. The van der Waals surface area contributed by atoms with Gasteiger partial charge < -0.3 is 5.73 Å². The molecule has 0 atom stereocenters. The minimum atomic E-state index is -0.858. The molecule has 1 aliphatic carbocycles. The fraction of sp³-hybridized carbons (Fsp3) is 0.500. The molecular weight excluding hydrogens is 277 g/mol. The first-order valence-electron chi connectivity index (χ1n) is 6.92. The summed E-state index contributed by atoms with van der Waals surface area (Å²) in [6.45, 7) is 0.478. The van der Waals surface area contributed by atoms with Crippen molar-refractivity contribution in [3.05, 3.63) is 39.7 Å². The van der Waals surface area contributed by atoms with Crippen molar-refractivity contribution < 1.29 is 14.1 Å². The predicted molar refractivity (Wildman–Crippen MR) is 74.9 cm³/mol. The number of hydrogen-bond donors (Lipinski definition) is 1. The number of nitrogens with two attached hydrogens (primary N) is 1. The lowest BCUT2D eigenvalue weighted by atomic mass is 10.1. The molecule has 2 N–H and O–H groups in total. The number of carbonyl (C=O) groups is 1. The van der Waals surface area contributed by atoms with Gasteiger partial charge in [0.25, 0.3) is 0 Å². The first-order valence-corrected chi connectivity index (χ1v) is 6.92. The zero-order valence-corrected chi connectivity index (χ0v) is 11.6. The van der Waals surface area contributed by atoms with Crippen LogP contribution in [0.5, 0.6) is 0 Å². The Balaban J connectivity index is 2.13. The van der Waals surface area contributed by atoms with Gasteiger partial charge in [-0.05, 0) is 24.5 Å². The van der Waals surface area contributed by atoms with E-state index in [4.69, 9.17) is 5.73 Å². The van der Waals surface area contributed by atoms with E-state index in [1.807, 2.05) is 4.90 Å². The van der Waals surface area contributed by atoms with E-state index in [0.29, 0.717) is 12.1 Å². The van der Waals surface area contributed by atoms with E-state index in [1.165, 1.54) is 6.07 Å². The Hall–Kier alpha value is -2.02. The lowest BCUT2D eigenvalue weighted by Crippen LogP contribution is -2.39. The molecule has 0 unspecified atom stereocenters. The number of halogens is 1. The molecule has 1 aromatic rings. The molecule has 1 fully saturated rings. The Morgan fingerprint density at radius 3 is 2.62 bits per heavy atom. The van der Waals surface area contributed by atoms with Crippen LogP contribution in [0.1, 0.15) is 31.2 Å². The number of carbonyl (C=O) groups excluding carboxylic acids is 1. The van der Waals surface area contributed by atoms with Crippen LogP contribution in [0.2, 0.25) is 0 Å². The van der Waals surface area contributed by atoms with Gasteiger partial charge in [-0.2, -0.15) is 4.39 Å². The van der Waals surface area contributed by atoms with Crippen LogP contribution in [0.3, 0.4) is 0 Å². The summed E-state index contributed by atoms with van der Waals surface area (Å²) in [5.41, 5.74) is 5.33. The molecular formula is C14H18FN3O3. The average molecular weight is 295 g/mol. The molecule has 1 amide bonds. The van der Waals surface area contributed by atoms with Crippen molar-refractivity contribution in [2.24, 2.45) is 5.73 Å². The SMILES string of the molecule is NC(=O)CN(Cc1ccc([N+](=O)[O-])c(F)c1)C1CCCC1. The van der Waals surface area contributed by atoms with Crippen LogP contribution < -0.4 is 5.73 Å². The van der Waals surface area contributed by atoms with Crippen LogP contribution in [0.25, 0.3) is 0 Å². The smallest absolute Gasteiger partial charge is 0.304 e. The molecule has 21 heavy (non-hydrogen) atoms. The second-order valence-corrected chi connectivity index (χ2v) is 5.35. The minimum Gasteiger partial charge on any atom is -0.369 e. The predicted octanol–water partition coefficient (Wildman–Crippen LogP) is 1.96. The molecule has 6 nitrogen and oxygen atoms in total. The Labute approximate surface area is 121 Å². The third kappa shape index (κ3) is 3.98. The summed E-state index contributed by atoms with van der Waals surface area (Å²) >= 11 is 0. The maximum Gasteiger partial charge on any atom is 0.304 e. The van der Waals surface area contributed by atoms with Crippen molar-refractivity contribution in [2.75, 3.05) is 6.54 Å². The molecule has 0 bridgehead atoms. The molecule has 7 heteroatoms. The third-order valence-corrected chi connectivity index (χ3v) is 3.79. The quantitative estimate of drug-likeness (QED) is 0.641. The Bertz CT molecular complexity index is 544. The molecule has 114 valence electrons. The highest BCUT2D eigenvalue weighted by Gasteiger charge is 2.24. The first kappa shape index (κ1) is 15.4. The van der Waals surface area contributed by atoms with E-state index in [1.54, 1.807) is 0 Å². The topological polar surface area (TPSA) is 89.5 Å². The van der Waals surface area contributed by atoms with Crippen LogP contribution in [-0.2, 0) is 11.3 Å². The maximum absolute atomic E-state index is 13.6. The molecule has 2 rings (SSSR count). The summed E-state index contributed by atoms with van der Waals surface area (Å²) in [5, 5.41) is 10.6. The molecule has 0 aliphatic heterocycles. The van der Waals surface area contributed by atoms with E-state index in [-0.39, 0.29) is 12.6 Å². The molecule has 1 aromatic carbocycles. The Kier molecular flexibility index (Phi) is 4.85. The largest absolute Gasteiger partial charge is 0.369 e. The highest BCUT2D eigenvalue weighted by Crippen LogP contribution is 2.26. The lowest BCUT2D eigenvalue weighted by molar-refractivity contribution is -0.387. The van der Waals surface area contributed by atoms with Gasteiger partial charge in [0.05, 0.1) is 11.5 Å². The number of benzene rings is 1. The fourth-order valence-electron chi connectivity index (χ4n) is 2.82. The van der Waals surface area contributed by atoms with Gasteiger partial charge in [-0.3, -0.25) is 19.8 Å². The van der Waals surface area contributed by atoms with Gasteiger partial charge in [0.2, 0.25) is 11.7 Å².